The van der Waals surface area contributed by atoms with Crippen molar-refractivity contribution in [2.75, 3.05) is 4.90 Å². The molecular weight excluding hydrogens is 525 g/mol. The Morgan fingerprint density at radius 2 is 1.79 bits per heavy atom. The third-order valence-corrected chi connectivity index (χ3v) is 8.41. The predicted molar refractivity (Wildman–Crippen MR) is 143 cm³/mol. The number of halogens is 2. The molecule has 0 amide bonds. The maximum absolute atomic E-state index is 11.5. The number of benzene rings is 2. The van der Waals surface area contributed by atoms with E-state index < -0.39 is 5.97 Å². The molecule has 1 saturated carbocycles. The molecule has 38 heavy (non-hydrogen) atoms. The van der Waals surface area contributed by atoms with Crippen LogP contribution in [0.25, 0.3) is 11.3 Å². The molecule has 1 saturated heterocycles. The van der Waals surface area contributed by atoms with Gasteiger partial charge in [0, 0.05) is 17.7 Å². The second kappa shape index (κ2) is 9.03. The molecule has 7 nitrogen and oxygen atoms in total. The zero-order valence-electron chi connectivity index (χ0n) is 20.2. The smallest absolute Gasteiger partial charge is 0.337 e. The first kappa shape index (κ1) is 23.6. The molecule has 9 heteroatoms. The second-order valence-electron chi connectivity index (χ2n) is 10.1. The number of aromatic carboxylic acids is 1. The van der Waals surface area contributed by atoms with Gasteiger partial charge in [-0.3, -0.25) is 4.98 Å². The lowest BCUT2D eigenvalue weighted by molar-refractivity contribution is 0.0696. The average molecular weight is 548 g/mol. The quantitative estimate of drug-likeness (QED) is 0.255. The maximum atomic E-state index is 11.5. The zero-order valence-corrected chi connectivity index (χ0v) is 21.7. The number of ether oxygens (including phenoxy) is 1. The first-order valence-electron chi connectivity index (χ1n) is 12.7. The van der Waals surface area contributed by atoms with Gasteiger partial charge >= 0.3 is 5.97 Å². The number of aromatic nitrogens is 2. The Kier molecular flexibility index (Phi) is 5.60. The summed E-state index contributed by atoms with van der Waals surface area (Å²) in [5.74, 6) is 0.965. The van der Waals surface area contributed by atoms with Gasteiger partial charge in [-0.05, 0) is 67.1 Å². The van der Waals surface area contributed by atoms with Crippen molar-refractivity contribution < 1.29 is 19.2 Å². The molecule has 4 aromatic rings. The predicted octanol–water partition coefficient (Wildman–Crippen LogP) is 7.59. The van der Waals surface area contributed by atoms with Crippen LogP contribution in [0.5, 0.6) is 5.75 Å². The minimum absolute atomic E-state index is 0.152. The SMILES string of the molecule is O=C(O)c1cncc(N2C3CCC2c2cc(OCc4c(-c5c(Cl)cccc5Cl)noc4C4CC4)ccc23)c1. The van der Waals surface area contributed by atoms with Gasteiger partial charge < -0.3 is 19.3 Å². The number of hydrogen-bond donors (Lipinski definition) is 1. The molecule has 1 aliphatic carbocycles. The molecule has 0 spiro atoms. The molecule has 2 bridgehead atoms. The van der Waals surface area contributed by atoms with E-state index in [2.05, 4.69) is 27.2 Å². The molecule has 2 aromatic carbocycles. The van der Waals surface area contributed by atoms with E-state index in [0.717, 1.165) is 48.4 Å². The van der Waals surface area contributed by atoms with E-state index in [4.69, 9.17) is 32.5 Å². The lowest BCUT2D eigenvalue weighted by atomic mass is 9.92. The molecule has 2 aliphatic heterocycles. The summed E-state index contributed by atoms with van der Waals surface area (Å²) in [6, 6.07) is 13.7. The maximum Gasteiger partial charge on any atom is 0.337 e. The van der Waals surface area contributed by atoms with Crippen LogP contribution in [-0.4, -0.2) is 21.2 Å². The normalized spacial score (nSPS) is 19.6. The monoisotopic (exact) mass is 547 g/mol. The Morgan fingerprint density at radius 1 is 1.03 bits per heavy atom. The lowest BCUT2D eigenvalue weighted by Crippen LogP contribution is -2.19. The lowest BCUT2D eigenvalue weighted by Gasteiger charge is -2.24. The van der Waals surface area contributed by atoms with Crippen LogP contribution in [0, 0.1) is 0 Å². The van der Waals surface area contributed by atoms with Crippen molar-refractivity contribution in [3.8, 4) is 17.0 Å². The number of rotatable bonds is 7. The van der Waals surface area contributed by atoms with Crippen molar-refractivity contribution in [3.63, 3.8) is 0 Å². The highest BCUT2D eigenvalue weighted by Gasteiger charge is 2.44. The summed E-state index contributed by atoms with van der Waals surface area (Å²) in [4.78, 5) is 18.0. The second-order valence-corrected chi connectivity index (χ2v) is 10.9. The largest absolute Gasteiger partial charge is 0.489 e. The van der Waals surface area contributed by atoms with Gasteiger partial charge in [0.25, 0.3) is 0 Å². The Balaban J connectivity index is 1.18. The number of carbonyl (C=O) groups is 1. The van der Waals surface area contributed by atoms with Crippen molar-refractivity contribution in [3.05, 3.63) is 92.9 Å². The summed E-state index contributed by atoms with van der Waals surface area (Å²) in [5.41, 5.74) is 5.64. The van der Waals surface area contributed by atoms with Crippen LogP contribution in [0.2, 0.25) is 10.0 Å². The van der Waals surface area contributed by atoms with E-state index in [1.54, 1.807) is 24.4 Å². The molecule has 2 atom stereocenters. The summed E-state index contributed by atoms with van der Waals surface area (Å²) >= 11 is 13.0. The molecule has 0 radical (unpaired) electrons. The van der Waals surface area contributed by atoms with Crippen LogP contribution < -0.4 is 9.64 Å². The summed E-state index contributed by atoms with van der Waals surface area (Å²) in [6.45, 7) is 0.285. The Labute approximate surface area is 228 Å². The fourth-order valence-electron chi connectivity index (χ4n) is 5.91. The van der Waals surface area contributed by atoms with Crippen LogP contribution in [-0.2, 0) is 6.61 Å². The molecule has 1 N–H and O–H groups in total. The van der Waals surface area contributed by atoms with E-state index in [9.17, 15) is 9.90 Å². The summed E-state index contributed by atoms with van der Waals surface area (Å²) in [5, 5.41) is 14.8. The minimum Gasteiger partial charge on any atom is -0.489 e. The summed E-state index contributed by atoms with van der Waals surface area (Å²) < 4.78 is 12.1. The van der Waals surface area contributed by atoms with Crippen molar-refractivity contribution >= 4 is 34.9 Å². The standard InChI is InChI=1S/C29H23Cl2N3O4/c30-22-2-1-3-23(31)26(22)27-21(28(38-33-27)15-4-5-15)14-37-18-6-7-19-20(11-18)25-9-8-24(19)34(25)17-10-16(29(35)36)12-32-13-17/h1-3,6-7,10-13,15,24-25H,4-5,8-9,14H2,(H,35,36). The number of fused-ring (bicyclic) bond motifs is 5. The molecule has 7 rings (SSSR count). The van der Waals surface area contributed by atoms with Gasteiger partial charge in [0.05, 0.1) is 45.1 Å². The molecule has 2 unspecified atom stereocenters. The third-order valence-electron chi connectivity index (χ3n) is 7.78. The molecular formula is C29H23Cl2N3O4. The van der Waals surface area contributed by atoms with Gasteiger partial charge in [0.1, 0.15) is 23.8 Å². The highest BCUT2D eigenvalue weighted by atomic mass is 35.5. The summed E-state index contributed by atoms with van der Waals surface area (Å²) in [6.07, 6.45) is 7.26. The Hall–Kier alpha value is -3.55. The number of carboxylic acid groups (broad SMARTS) is 1. The minimum atomic E-state index is -0.976. The molecule has 192 valence electrons. The number of hydrogen-bond acceptors (Lipinski definition) is 6. The Bertz CT molecular complexity index is 1560. The van der Waals surface area contributed by atoms with Gasteiger partial charge in [0.15, 0.2) is 0 Å². The van der Waals surface area contributed by atoms with Gasteiger partial charge in [-0.1, -0.05) is 40.5 Å². The van der Waals surface area contributed by atoms with E-state index >= 15 is 0 Å². The van der Waals surface area contributed by atoms with Crippen LogP contribution in [0.15, 0.2) is 59.4 Å². The third kappa shape index (κ3) is 3.84. The van der Waals surface area contributed by atoms with Crippen molar-refractivity contribution in [1.82, 2.24) is 10.1 Å². The van der Waals surface area contributed by atoms with E-state index in [-0.39, 0.29) is 24.3 Å². The average Bonchev–Trinajstić information content (AvgIpc) is 3.42. The fraction of sp³-hybridized carbons (Fsp3) is 0.276. The van der Waals surface area contributed by atoms with Crippen LogP contribution in [0.3, 0.4) is 0 Å². The van der Waals surface area contributed by atoms with Crippen molar-refractivity contribution in [1.29, 1.82) is 0 Å². The van der Waals surface area contributed by atoms with Crippen LogP contribution >= 0.6 is 23.2 Å². The van der Waals surface area contributed by atoms with Gasteiger partial charge in [-0.15, -0.1) is 0 Å². The van der Waals surface area contributed by atoms with Gasteiger partial charge in [-0.2, -0.15) is 0 Å². The highest BCUT2D eigenvalue weighted by molar-refractivity contribution is 6.39. The topological polar surface area (TPSA) is 88.7 Å². The van der Waals surface area contributed by atoms with E-state index in [0.29, 0.717) is 27.2 Å². The first-order valence-corrected chi connectivity index (χ1v) is 13.4. The van der Waals surface area contributed by atoms with Crippen molar-refractivity contribution in [2.24, 2.45) is 0 Å². The van der Waals surface area contributed by atoms with E-state index in [1.165, 1.54) is 17.3 Å². The number of anilines is 1. The zero-order chi connectivity index (χ0) is 26.0. The molecule has 3 aliphatic rings. The van der Waals surface area contributed by atoms with Crippen LogP contribution in [0.4, 0.5) is 5.69 Å². The number of nitrogens with zero attached hydrogens (tertiary/aromatic N) is 3. The fourth-order valence-corrected chi connectivity index (χ4v) is 6.48. The first-order chi connectivity index (χ1) is 18.5. The van der Waals surface area contributed by atoms with Gasteiger partial charge in [-0.25, -0.2) is 4.79 Å². The molecule has 4 heterocycles. The number of carboxylic acids is 1. The summed E-state index contributed by atoms with van der Waals surface area (Å²) in [7, 11) is 0. The number of pyridine rings is 1. The Morgan fingerprint density at radius 3 is 2.53 bits per heavy atom. The van der Waals surface area contributed by atoms with Crippen molar-refractivity contribution in [2.45, 2.75) is 50.3 Å². The highest BCUT2D eigenvalue weighted by Crippen LogP contribution is 2.55. The molecule has 2 aromatic heterocycles. The van der Waals surface area contributed by atoms with Crippen LogP contribution in [0.1, 0.15) is 76.5 Å². The molecule has 2 fully saturated rings. The van der Waals surface area contributed by atoms with Gasteiger partial charge in [0.2, 0.25) is 0 Å². The van der Waals surface area contributed by atoms with E-state index in [1.807, 2.05) is 12.1 Å².